The summed E-state index contributed by atoms with van der Waals surface area (Å²) >= 11 is 0. The lowest BCUT2D eigenvalue weighted by Crippen LogP contribution is -2.41. The van der Waals surface area contributed by atoms with E-state index in [1.165, 1.54) is 11.1 Å². The summed E-state index contributed by atoms with van der Waals surface area (Å²) in [6.07, 6.45) is 3.43. The number of aliphatic carboxylic acids is 1. The normalized spacial score (nSPS) is 19.5. The monoisotopic (exact) mass is 478 g/mol. The van der Waals surface area contributed by atoms with Crippen LogP contribution in [0, 0.1) is 11.8 Å². The first-order valence-corrected chi connectivity index (χ1v) is 12.6. The third-order valence-electron chi connectivity index (χ3n) is 7.27. The van der Waals surface area contributed by atoms with Crippen molar-refractivity contribution in [3.8, 4) is 11.1 Å². The van der Waals surface area contributed by atoms with Crippen molar-refractivity contribution in [2.75, 3.05) is 13.2 Å². The molecule has 1 fully saturated rings. The summed E-state index contributed by atoms with van der Waals surface area (Å²) in [5, 5.41) is 15.1. The molecule has 7 heteroatoms. The van der Waals surface area contributed by atoms with E-state index in [1.54, 1.807) is 0 Å². The Bertz CT molecular complexity index is 1020. The molecule has 2 aliphatic carbocycles. The zero-order chi connectivity index (χ0) is 24.8. The van der Waals surface area contributed by atoms with Gasteiger partial charge in [-0.15, -0.1) is 0 Å². The number of ether oxygens (including phenoxy) is 1. The van der Waals surface area contributed by atoms with Crippen molar-refractivity contribution >= 4 is 18.0 Å². The molecule has 0 heterocycles. The molecule has 1 saturated carbocycles. The standard InChI is InChI=1S/C28H34N2O5/c1-2-8-19(15-26(31)29-16-18-9-7-14-20(18)27(32)33)30-28(34)35-17-25-23-12-5-3-10-21(23)22-11-4-6-13-24(22)25/h3-6,10-13,18-20,25H,2,7-9,14-17H2,1H3,(H,29,31)(H,30,34)(H,32,33)/t18-,19+,20-/m0/s1. The summed E-state index contributed by atoms with van der Waals surface area (Å²) in [5.41, 5.74) is 4.64. The van der Waals surface area contributed by atoms with E-state index in [2.05, 4.69) is 34.9 Å². The highest BCUT2D eigenvalue weighted by atomic mass is 16.5. The SMILES string of the molecule is CCC[C@H](CC(=O)NC[C@@H]1CCC[C@@H]1C(=O)O)NC(=O)OCC1c2ccccc2-c2ccccc21. The van der Waals surface area contributed by atoms with Gasteiger partial charge in [-0.1, -0.05) is 68.3 Å². The number of carbonyl (C=O) groups excluding carboxylic acids is 2. The smallest absolute Gasteiger partial charge is 0.407 e. The molecular weight excluding hydrogens is 444 g/mol. The fourth-order valence-electron chi connectivity index (χ4n) is 5.53. The Labute approximate surface area is 206 Å². The average Bonchev–Trinajstić information content (AvgIpc) is 3.44. The van der Waals surface area contributed by atoms with E-state index >= 15 is 0 Å². The maximum atomic E-state index is 12.6. The minimum atomic E-state index is -0.789. The highest BCUT2D eigenvalue weighted by Crippen LogP contribution is 2.44. The van der Waals surface area contributed by atoms with Crippen LogP contribution in [0.25, 0.3) is 11.1 Å². The number of carbonyl (C=O) groups is 3. The van der Waals surface area contributed by atoms with Crippen LogP contribution in [0.4, 0.5) is 4.79 Å². The minimum absolute atomic E-state index is 0.0188. The van der Waals surface area contributed by atoms with Crippen LogP contribution < -0.4 is 10.6 Å². The highest BCUT2D eigenvalue weighted by Gasteiger charge is 2.33. The molecule has 0 saturated heterocycles. The van der Waals surface area contributed by atoms with Crippen molar-refractivity contribution in [3.63, 3.8) is 0 Å². The zero-order valence-electron chi connectivity index (χ0n) is 20.2. The molecule has 35 heavy (non-hydrogen) atoms. The predicted molar refractivity (Wildman–Crippen MR) is 133 cm³/mol. The molecule has 2 aromatic rings. The van der Waals surface area contributed by atoms with E-state index in [1.807, 2.05) is 31.2 Å². The molecule has 186 valence electrons. The van der Waals surface area contributed by atoms with E-state index in [9.17, 15) is 19.5 Å². The first kappa shape index (κ1) is 24.8. The predicted octanol–water partition coefficient (Wildman–Crippen LogP) is 4.70. The first-order valence-electron chi connectivity index (χ1n) is 12.6. The van der Waals surface area contributed by atoms with Gasteiger partial charge in [0.2, 0.25) is 5.91 Å². The maximum Gasteiger partial charge on any atom is 0.407 e. The van der Waals surface area contributed by atoms with Gasteiger partial charge in [-0.3, -0.25) is 9.59 Å². The number of nitrogens with one attached hydrogen (secondary N) is 2. The summed E-state index contributed by atoms with van der Waals surface area (Å²) in [6, 6.07) is 16.0. The van der Waals surface area contributed by atoms with Gasteiger partial charge in [0.15, 0.2) is 0 Å². The third-order valence-corrected chi connectivity index (χ3v) is 7.27. The van der Waals surface area contributed by atoms with Crippen LogP contribution in [-0.4, -0.2) is 42.3 Å². The molecule has 0 unspecified atom stereocenters. The van der Waals surface area contributed by atoms with Gasteiger partial charge < -0.3 is 20.5 Å². The summed E-state index contributed by atoms with van der Waals surface area (Å²) in [6.45, 7) is 2.59. The summed E-state index contributed by atoms with van der Waals surface area (Å²) in [5.74, 6) is -1.41. The van der Waals surface area contributed by atoms with Crippen molar-refractivity contribution in [2.45, 2.75) is 57.4 Å². The van der Waals surface area contributed by atoms with E-state index in [4.69, 9.17) is 4.74 Å². The Morgan fingerprint density at radius 3 is 2.31 bits per heavy atom. The number of benzene rings is 2. The Morgan fingerprint density at radius 1 is 1.03 bits per heavy atom. The van der Waals surface area contributed by atoms with Crippen LogP contribution in [-0.2, 0) is 14.3 Å². The van der Waals surface area contributed by atoms with Crippen molar-refractivity contribution in [1.82, 2.24) is 10.6 Å². The number of carboxylic acids is 1. The Balaban J connectivity index is 1.29. The van der Waals surface area contributed by atoms with Crippen molar-refractivity contribution < 1.29 is 24.2 Å². The summed E-state index contributed by atoms with van der Waals surface area (Å²) in [4.78, 5) is 36.5. The van der Waals surface area contributed by atoms with Gasteiger partial charge in [0.25, 0.3) is 0 Å². The topological polar surface area (TPSA) is 105 Å². The molecule has 3 atom stereocenters. The lowest BCUT2D eigenvalue weighted by molar-refractivity contribution is -0.143. The number of alkyl carbamates (subject to hydrolysis) is 1. The molecule has 2 aromatic carbocycles. The van der Waals surface area contributed by atoms with Crippen LogP contribution in [0.15, 0.2) is 48.5 Å². The molecule has 4 rings (SSSR count). The lowest BCUT2D eigenvalue weighted by atomic mass is 9.96. The zero-order valence-corrected chi connectivity index (χ0v) is 20.2. The van der Waals surface area contributed by atoms with Gasteiger partial charge in [0.05, 0.1) is 5.92 Å². The molecule has 0 bridgehead atoms. The minimum Gasteiger partial charge on any atom is -0.481 e. The van der Waals surface area contributed by atoms with Crippen LogP contribution in [0.3, 0.4) is 0 Å². The van der Waals surface area contributed by atoms with E-state index in [0.29, 0.717) is 19.4 Å². The first-order chi connectivity index (χ1) is 17.0. The van der Waals surface area contributed by atoms with E-state index < -0.39 is 12.1 Å². The van der Waals surface area contributed by atoms with Gasteiger partial charge in [0, 0.05) is 24.9 Å². The molecular formula is C28H34N2O5. The van der Waals surface area contributed by atoms with Gasteiger partial charge in [0.1, 0.15) is 6.61 Å². The molecule has 7 nitrogen and oxygen atoms in total. The molecule has 0 spiro atoms. The van der Waals surface area contributed by atoms with Crippen molar-refractivity contribution in [1.29, 1.82) is 0 Å². The van der Waals surface area contributed by atoms with Gasteiger partial charge in [-0.25, -0.2) is 4.79 Å². The van der Waals surface area contributed by atoms with E-state index in [0.717, 1.165) is 30.4 Å². The van der Waals surface area contributed by atoms with Gasteiger partial charge in [-0.05, 0) is 47.4 Å². The van der Waals surface area contributed by atoms with E-state index in [-0.39, 0.29) is 42.7 Å². The maximum absolute atomic E-state index is 12.6. The van der Waals surface area contributed by atoms with Crippen LogP contribution >= 0.6 is 0 Å². The van der Waals surface area contributed by atoms with Crippen LogP contribution in [0.2, 0.25) is 0 Å². The second-order valence-electron chi connectivity index (χ2n) is 9.60. The number of fused-ring (bicyclic) bond motifs is 3. The molecule has 0 radical (unpaired) electrons. The second-order valence-corrected chi connectivity index (χ2v) is 9.60. The highest BCUT2D eigenvalue weighted by molar-refractivity contribution is 5.79. The Hall–Kier alpha value is -3.35. The van der Waals surface area contributed by atoms with Crippen LogP contribution in [0.5, 0.6) is 0 Å². The van der Waals surface area contributed by atoms with Crippen molar-refractivity contribution in [3.05, 3.63) is 59.7 Å². The Morgan fingerprint density at radius 2 is 1.69 bits per heavy atom. The molecule has 2 amide bonds. The quantitative estimate of drug-likeness (QED) is 0.459. The lowest BCUT2D eigenvalue weighted by Gasteiger charge is -2.21. The fraction of sp³-hybridized carbons (Fsp3) is 0.464. The molecule has 2 aliphatic rings. The van der Waals surface area contributed by atoms with Crippen LogP contribution in [0.1, 0.15) is 62.5 Å². The number of hydrogen-bond donors (Lipinski definition) is 3. The van der Waals surface area contributed by atoms with Gasteiger partial charge >= 0.3 is 12.1 Å². The Kier molecular flexibility index (Phi) is 8.06. The fourth-order valence-corrected chi connectivity index (χ4v) is 5.53. The largest absolute Gasteiger partial charge is 0.481 e. The number of amides is 2. The van der Waals surface area contributed by atoms with Crippen molar-refractivity contribution in [2.24, 2.45) is 11.8 Å². The number of carboxylic acid groups (broad SMARTS) is 1. The third kappa shape index (κ3) is 5.84. The summed E-state index contributed by atoms with van der Waals surface area (Å²) < 4.78 is 5.63. The molecule has 3 N–H and O–H groups in total. The molecule has 0 aromatic heterocycles. The van der Waals surface area contributed by atoms with Gasteiger partial charge in [-0.2, -0.15) is 0 Å². The average molecular weight is 479 g/mol. The second kappa shape index (κ2) is 11.4. The molecule has 0 aliphatic heterocycles. The summed E-state index contributed by atoms with van der Waals surface area (Å²) in [7, 11) is 0. The number of hydrogen-bond acceptors (Lipinski definition) is 4. The number of rotatable bonds is 10.